The van der Waals surface area contributed by atoms with Crippen LogP contribution in [0.1, 0.15) is 11.1 Å². The normalized spacial score (nSPS) is 10.7. The van der Waals surface area contributed by atoms with E-state index in [4.69, 9.17) is 14.2 Å². The molecule has 0 aliphatic heterocycles. The average molecular weight is 384 g/mol. The summed E-state index contributed by atoms with van der Waals surface area (Å²) in [6.07, 6.45) is 0. The molecule has 4 aromatic rings. The van der Waals surface area contributed by atoms with Gasteiger partial charge in [0.05, 0.1) is 14.2 Å². The van der Waals surface area contributed by atoms with Crippen molar-refractivity contribution in [3.63, 3.8) is 0 Å². The van der Waals surface area contributed by atoms with E-state index in [1.807, 2.05) is 36.4 Å². The summed E-state index contributed by atoms with van der Waals surface area (Å²) < 4.78 is 17.1. The first-order valence-electron chi connectivity index (χ1n) is 9.61. The summed E-state index contributed by atoms with van der Waals surface area (Å²) >= 11 is 0. The quantitative estimate of drug-likeness (QED) is 0.384. The van der Waals surface area contributed by atoms with Gasteiger partial charge < -0.3 is 14.2 Å². The van der Waals surface area contributed by atoms with E-state index >= 15 is 0 Å². The summed E-state index contributed by atoms with van der Waals surface area (Å²) in [5.74, 6) is 2.50. The van der Waals surface area contributed by atoms with Gasteiger partial charge in [0.25, 0.3) is 0 Å². The molecule has 0 radical (unpaired) electrons. The van der Waals surface area contributed by atoms with Gasteiger partial charge >= 0.3 is 0 Å². The van der Waals surface area contributed by atoms with Crippen molar-refractivity contribution >= 4 is 10.8 Å². The number of hydrogen-bond acceptors (Lipinski definition) is 3. The van der Waals surface area contributed by atoms with E-state index in [2.05, 4.69) is 49.4 Å². The van der Waals surface area contributed by atoms with Crippen LogP contribution < -0.4 is 14.2 Å². The third kappa shape index (κ3) is 4.04. The minimum Gasteiger partial charge on any atom is -0.497 e. The van der Waals surface area contributed by atoms with Crippen LogP contribution in [-0.2, 0) is 6.61 Å². The Balaban J connectivity index is 1.82. The van der Waals surface area contributed by atoms with E-state index in [0.717, 1.165) is 44.7 Å². The third-order valence-electron chi connectivity index (χ3n) is 5.02. The van der Waals surface area contributed by atoms with E-state index < -0.39 is 0 Å². The SMILES string of the molecule is COc1cccc(-c2c(OCc3cccc(C)c3)ccc3cc(OC)ccc23)c1. The molecule has 3 nitrogen and oxygen atoms in total. The molecular weight excluding hydrogens is 360 g/mol. The van der Waals surface area contributed by atoms with Gasteiger partial charge in [0.1, 0.15) is 23.9 Å². The Morgan fingerprint density at radius 3 is 2.31 bits per heavy atom. The fourth-order valence-electron chi connectivity index (χ4n) is 3.57. The van der Waals surface area contributed by atoms with Crippen LogP contribution in [0.2, 0.25) is 0 Å². The Kier molecular flexibility index (Phi) is 5.39. The molecule has 4 rings (SSSR count). The van der Waals surface area contributed by atoms with Crippen LogP contribution in [0.4, 0.5) is 0 Å². The summed E-state index contributed by atoms with van der Waals surface area (Å²) in [5.41, 5.74) is 4.48. The van der Waals surface area contributed by atoms with Gasteiger partial charge in [-0.25, -0.2) is 0 Å². The van der Waals surface area contributed by atoms with Crippen molar-refractivity contribution in [2.24, 2.45) is 0 Å². The highest BCUT2D eigenvalue weighted by Crippen LogP contribution is 2.39. The van der Waals surface area contributed by atoms with E-state index in [9.17, 15) is 0 Å². The van der Waals surface area contributed by atoms with Crippen LogP contribution in [0.5, 0.6) is 17.2 Å². The van der Waals surface area contributed by atoms with E-state index in [1.54, 1.807) is 14.2 Å². The first-order valence-corrected chi connectivity index (χ1v) is 9.61. The van der Waals surface area contributed by atoms with Crippen LogP contribution in [0.3, 0.4) is 0 Å². The predicted molar refractivity (Wildman–Crippen MR) is 118 cm³/mol. The maximum atomic E-state index is 6.30. The van der Waals surface area contributed by atoms with Gasteiger partial charge in [0.15, 0.2) is 0 Å². The second-order valence-corrected chi connectivity index (χ2v) is 7.04. The van der Waals surface area contributed by atoms with Crippen molar-refractivity contribution in [3.8, 4) is 28.4 Å². The number of ether oxygens (including phenoxy) is 3. The van der Waals surface area contributed by atoms with Gasteiger partial charge in [-0.1, -0.05) is 48.0 Å². The highest BCUT2D eigenvalue weighted by atomic mass is 16.5. The van der Waals surface area contributed by atoms with Gasteiger partial charge in [0, 0.05) is 5.56 Å². The van der Waals surface area contributed by atoms with Crippen molar-refractivity contribution in [2.45, 2.75) is 13.5 Å². The lowest BCUT2D eigenvalue weighted by molar-refractivity contribution is 0.308. The molecular formula is C26H24O3. The molecule has 146 valence electrons. The molecule has 0 fully saturated rings. The second kappa shape index (κ2) is 8.27. The molecule has 0 saturated carbocycles. The van der Waals surface area contributed by atoms with Crippen LogP contribution >= 0.6 is 0 Å². The Hall–Kier alpha value is -3.46. The van der Waals surface area contributed by atoms with Crippen molar-refractivity contribution in [1.82, 2.24) is 0 Å². The molecule has 0 saturated heterocycles. The molecule has 0 spiro atoms. The van der Waals surface area contributed by atoms with Gasteiger partial charge in [0.2, 0.25) is 0 Å². The maximum absolute atomic E-state index is 6.30. The molecule has 0 aromatic heterocycles. The largest absolute Gasteiger partial charge is 0.497 e. The summed E-state index contributed by atoms with van der Waals surface area (Å²) in [5, 5.41) is 2.21. The summed E-state index contributed by atoms with van der Waals surface area (Å²) in [4.78, 5) is 0. The molecule has 0 heterocycles. The molecule has 0 aliphatic carbocycles. The van der Waals surface area contributed by atoms with E-state index in [0.29, 0.717) is 6.61 Å². The van der Waals surface area contributed by atoms with Crippen molar-refractivity contribution < 1.29 is 14.2 Å². The van der Waals surface area contributed by atoms with E-state index in [1.165, 1.54) is 5.56 Å². The zero-order chi connectivity index (χ0) is 20.2. The molecule has 3 heteroatoms. The van der Waals surface area contributed by atoms with Crippen LogP contribution in [0, 0.1) is 6.92 Å². The average Bonchev–Trinajstić information content (AvgIpc) is 2.77. The zero-order valence-electron chi connectivity index (χ0n) is 16.9. The first-order chi connectivity index (χ1) is 14.2. The predicted octanol–water partition coefficient (Wildman–Crippen LogP) is 6.41. The van der Waals surface area contributed by atoms with E-state index in [-0.39, 0.29) is 0 Å². The zero-order valence-corrected chi connectivity index (χ0v) is 16.9. The Labute approximate surface area is 171 Å². The summed E-state index contributed by atoms with van der Waals surface area (Å²) in [6.45, 7) is 2.61. The second-order valence-electron chi connectivity index (χ2n) is 7.04. The van der Waals surface area contributed by atoms with Crippen molar-refractivity contribution in [2.75, 3.05) is 14.2 Å². The van der Waals surface area contributed by atoms with Crippen LogP contribution in [-0.4, -0.2) is 14.2 Å². The lowest BCUT2D eigenvalue weighted by Gasteiger charge is -2.16. The Bertz CT molecular complexity index is 1150. The lowest BCUT2D eigenvalue weighted by Crippen LogP contribution is -1.98. The molecule has 0 atom stereocenters. The standard InChI is InChI=1S/C26H24O3/c1-18-6-4-7-19(14-18)17-29-25-13-10-20-15-23(28-3)11-12-24(20)26(25)21-8-5-9-22(16-21)27-2/h4-16H,17H2,1-3H3. The minimum atomic E-state index is 0.514. The van der Waals surface area contributed by atoms with Crippen LogP contribution in [0.25, 0.3) is 21.9 Å². The third-order valence-corrected chi connectivity index (χ3v) is 5.02. The summed E-state index contributed by atoms with van der Waals surface area (Å²) in [7, 11) is 3.37. The number of fused-ring (bicyclic) bond motifs is 1. The highest BCUT2D eigenvalue weighted by Gasteiger charge is 2.13. The number of methoxy groups -OCH3 is 2. The highest BCUT2D eigenvalue weighted by molar-refractivity contribution is 6.00. The Morgan fingerprint density at radius 1 is 0.724 bits per heavy atom. The van der Waals surface area contributed by atoms with Crippen molar-refractivity contribution in [3.05, 3.63) is 90.0 Å². The number of rotatable bonds is 6. The van der Waals surface area contributed by atoms with Gasteiger partial charge in [-0.05, 0) is 65.2 Å². The molecule has 0 amide bonds. The lowest BCUT2D eigenvalue weighted by atomic mass is 9.96. The topological polar surface area (TPSA) is 27.7 Å². The molecule has 4 aromatic carbocycles. The number of benzene rings is 4. The maximum Gasteiger partial charge on any atom is 0.128 e. The van der Waals surface area contributed by atoms with Gasteiger partial charge in [-0.3, -0.25) is 0 Å². The Morgan fingerprint density at radius 2 is 1.52 bits per heavy atom. The first kappa shape index (κ1) is 18.9. The summed E-state index contributed by atoms with van der Waals surface area (Å²) in [6, 6.07) is 26.7. The molecule has 0 bridgehead atoms. The fraction of sp³-hybridized carbons (Fsp3) is 0.154. The number of hydrogen-bond donors (Lipinski definition) is 0. The smallest absolute Gasteiger partial charge is 0.128 e. The van der Waals surface area contributed by atoms with Gasteiger partial charge in [-0.15, -0.1) is 0 Å². The number of aryl methyl sites for hydroxylation is 1. The fourth-order valence-corrected chi connectivity index (χ4v) is 3.57. The monoisotopic (exact) mass is 384 g/mol. The van der Waals surface area contributed by atoms with Crippen LogP contribution in [0.15, 0.2) is 78.9 Å². The van der Waals surface area contributed by atoms with Crippen molar-refractivity contribution in [1.29, 1.82) is 0 Å². The molecule has 0 N–H and O–H groups in total. The van der Waals surface area contributed by atoms with Gasteiger partial charge in [-0.2, -0.15) is 0 Å². The molecule has 0 aliphatic rings. The molecule has 0 unspecified atom stereocenters. The molecule has 29 heavy (non-hydrogen) atoms. The minimum absolute atomic E-state index is 0.514.